The van der Waals surface area contributed by atoms with Crippen LogP contribution in [0.15, 0.2) is 24.3 Å². The normalized spacial score (nSPS) is 12.5. The minimum absolute atomic E-state index is 0.590. The Morgan fingerprint density at radius 3 is 2.12 bits per heavy atom. The SMILES string of the molecule is O=[N+]([O-])c1ccccc1[Se]C(F)(F)C(F)(F)F. The maximum absolute atomic E-state index is 12.7. The van der Waals surface area contributed by atoms with Crippen LogP contribution in [0, 0.1) is 10.1 Å². The van der Waals surface area contributed by atoms with Gasteiger partial charge in [-0.25, -0.2) is 0 Å². The van der Waals surface area contributed by atoms with E-state index in [9.17, 15) is 32.1 Å². The minimum atomic E-state index is -5.70. The average Bonchev–Trinajstić information content (AvgIpc) is 2.15. The van der Waals surface area contributed by atoms with Crippen LogP contribution >= 0.6 is 0 Å². The maximum atomic E-state index is 12.7. The van der Waals surface area contributed by atoms with Crippen molar-refractivity contribution in [1.29, 1.82) is 0 Å². The second kappa shape index (κ2) is 4.58. The first kappa shape index (κ1) is 13.9. The molecule has 0 aliphatic rings. The fraction of sp³-hybridized carbons (Fsp3) is 0.250. The molecule has 0 unspecified atom stereocenters. The first-order valence-electron chi connectivity index (χ1n) is 4.02. The third kappa shape index (κ3) is 3.13. The van der Waals surface area contributed by atoms with Gasteiger partial charge in [-0.1, -0.05) is 0 Å². The average molecular weight is 320 g/mol. The molecule has 0 saturated heterocycles. The van der Waals surface area contributed by atoms with Gasteiger partial charge in [0, 0.05) is 0 Å². The van der Waals surface area contributed by atoms with E-state index in [1.54, 1.807) is 0 Å². The number of alkyl halides is 5. The van der Waals surface area contributed by atoms with E-state index in [0.717, 1.165) is 12.1 Å². The van der Waals surface area contributed by atoms with E-state index in [-0.39, 0.29) is 0 Å². The molecule has 17 heavy (non-hydrogen) atoms. The van der Waals surface area contributed by atoms with Gasteiger partial charge in [-0.05, 0) is 0 Å². The Labute approximate surface area is 97.9 Å². The van der Waals surface area contributed by atoms with Gasteiger partial charge in [-0.3, -0.25) is 0 Å². The molecule has 0 fully saturated rings. The summed E-state index contributed by atoms with van der Waals surface area (Å²) in [7, 11) is 0. The summed E-state index contributed by atoms with van der Waals surface area (Å²) in [6, 6.07) is 4.17. The van der Waals surface area contributed by atoms with Gasteiger partial charge >= 0.3 is 97.4 Å². The molecule has 0 aromatic heterocycles. The summed E-state index contributed by atoms with van der Waals surface area (Å²) < 4.78 is 60.7. The Kier molecular flexibility index (Phi) is 3.73. The zero-order valence-electron chi connectivity index (χ0n) is 7.87. The van der Waals surface area contributed by atoms with Gasteiger partial charge < -0.3 is 0 Å². The quantitative estimate of drug-likeness (QED) is 0.370. The van der Waals surface area contributed by atoms with Crippen LogP contribution in [0.25, 0.3) is 0 Å². The van der Waals surface area contributed by atoms with Crippen molar-refractivity contribution in [2.24, 2.45) is 0 Å². The zero-order chi connectivity index (χ0) is 13.3. The number of benzene rings is 1. The molecule has 0 spiro atoms. The van der Waals surface area contributed by atoms with Crippen molar-refractivity contribution in [1.82, 2.24) is 0 Å². The molecule has 0 radical (unpaired) electrons. The molecule has 0 N–H and O–H groups in total. The van der Waals surface area contributed by atoms with Crippen molar-refractivity contribution >= 4 is 25.1 Å². The molecular weight excluding hydrogens is 316 g/mol. The molecule has 0 aliphatic heterocycles. The van der Waals surface area contributed by atoms with Crippen LogP contribution in [0.5, 0.6) is 0 Å². The van der Waals surface area contributed by atoms with Crippen LogP contribution in [0.2, 0.25) is 0 Å². The Morgan fingerprint density at radius 1 is 1.12 bits per heavy atom. The van der Waals surface area contributed by atoms with Gasteiger partial charge in [0.05, 0.1) is 0 Å². The van der Waals surface area contributed by atoms with Gasteiger partial charge in [0.1, 0.15) is 0 Å². The van der Waals surface area contributed by atoms with Gasteiger partial charge in [-0.2, -0.15) is 0 Å². The van der Waals surface area contributed by atoms with Crippen molar-refractivity contribution in [2.75, 3.05) is 0 Å². The van der Waals surface area contributed by atoms with E-state index in [2.05, 4.69) is 0 Å². The Bertz CT molecular complexity index is 434. The molecule has 1 rings (SSSR count). The molecule has 1 aromatic rings. The molecule has 0 heterocycles. The predicted octanol–water partition coefficient (Wildman–Crippen LogP) is 2.08. The number of nitro groups is 1. The predicted molar refractivity (Wildman–Crippen MR) is 49.5 cm³/mol. The Balaban J connectivity index is 3.08. The third-order valence-electron chi connectivity index (χ3n) is 1.63. The van der Waals surface area contributed by atoms with Crippen LogP contribution in [-0.4, -0.2) is 30.9 Å². The van der Waals surface area contributed by atoms with Gasteiger partial charge in [-0.15, -0.1) is 0 Å². The van der Waals surface area contributed by atoms with Crippen molar-refractivity contribution in [3.05, 3.63) is 34.4 Å². The molecule has 9 heteroatoms. The third-order valence-corrected chi connectivity index (χ3v) is 3.84. The van der Waals surface area contributed by atoms with E-state index in [0.29, 0.717) is 0 Å². The summed E-state index contributed by atoms with van der Waals surface area (Å²) in [6.07, 6.45) is -5.70. The molecule has 0 atom stereocenters. The van der Waals surface area contributed by atoms with Gasteiger partial charge in [0.15, 0.2) is 0 Å². The Morgan fingerprint density at radius 2 is 1.65 bits per heavy atom. The van der Waals surface area contributed by atoms with Crippen molar-refractivity contribution in [3.8, 4) is 0 Å². The van der Waals surface area contributed by atoms with Gasteiger partial charge in [0.2, 0.25) is 0 Å². The van der Waals surface area contributed by atoms with Crippen LogP contribution < -0.4 is 4.46 Å². The number of rotatable bonds is 3. The first-order chi connectivity index (χ1) is 7.65. The van der Waals surface area contributed by atoms with Crippen molar-refractivity contribution < 1.29 is 26.9 Å². The molecule has 0 amide bonds. The number of halogens is 5. The second-order valence-electron chi connectivity index (χ2n) is 2.84. The van der Waals surface area contributed by atoms with E-state index in [4.69, 9.17) is 0 Å². The van der Waals surface area contributed by atoms with Crippen LogP contribution in [0.4, 0.5) is 27.6 Å². The fourth-order valence-electron chi connectivity index (χ4n) is 0.890. The van der Waals surface area contributed by atoms with Crippen LogP contribution in [-0.2, 0) is 0 Å². The molecule has 0 bridgehead atoms. The molecule has 0 saturated carbocycles. The number of nitrogens with zero attached hydrogens (tertiary/aromatic N) is 1. The summed E-state index contributed by atoms with van der Waals surface area (Å²) in [5.74, 6) is 0. The van der Waals surface area contributed by atoms with E-state index in [1.807, 2.05) is 0 Å². The zero-order valence-corrected chi connectivity index (χ0v) is 9.58. The molecular formula is C8H4F5NO2Se. The fourth-order valence-corrected chi connectivity index (χ4v) is 2.54. The van der Waals surface area contributed by atoms with Gasteiger partial charge in [0.25, 0.3) is 0 Å². The number of hydrogen-bond donors (Lipinski definition) is 0. The van der Waals surface area contributed by atoms with Crippen LogP contribution in [0.3, 0.4) is 0 Å². The summed E-state index contributed by atoms with van der Waals surface area (Å²) in [6.45, 7) is 0. The topological polar surface area (TPSA) is 43.1 Å². The standard InChI is InChI=1S/C8H4F5NO2Se/c9-7(10,11)8(12,13)17-6-4-2-1-3-5(6)14(15)16/h1-4H. The summed E-state index contributed by atoms with van der Waals surface area (Å²) in [5.41, 5.74) is -0.726. The van der Waals surface area contributed by atoms with E-state index in [1.165, 1.54) is 12.1 Å². The summed E-state index contributed by atoms with van der Waals surface area (Å²) in [5, 5.41) is 10.4. The number of para-hydroxylation sites is 1. The summed E-state index contributed by atoms with van der Waals surface area (Å²) >= 11 is -2.38. The van der Waals surface area contributed by atoms with Crippen LogP contribution in [0.1, 0.15) is 0 Å². The summed E-state index contributed by atoms with van der Waals surface area (Å²) in [4.78, 5) is 4.54. The molecule has 0 aliphatic carbocycles. The number of hydrogen-bond acceptors (Lipinski definition) is 2. The van der Waals surface area contributed by atoms with Crippen molar-refractivity contribution in [3.63, 3.8) is 0 Å². The van der Waals surface area contributed by atoms with E-state index >= 15 is 0 Å². The number of nitro benzene ring substituents is 1. The first-order valence-corrected chi connectivity index (χ1v) is 5.73. The monoisotopic (exact) mass is 321 g/mol. The Hall–Kier alpha value is -1.21. The van der Waals surface area contributed by atoms with Crippen molar-refractivity contribution in [2.45, 2.75) is 11.0 Å². The second-order valence-corrected chi connectivity index (χ2v) is 5.27. The molecule has 1 aromatic carbocycles. The molecule has 94 valence electrons. The van der Waals surface area contributed by atoms with E-state index < -0.39 is 41.0 Å². The molecule has 3 nitrogen and oxygen atoms in total.